The van der Waals surface area contributed by atoms with E-state index in [1.165, 1.54) is 12.1 Å². The zero-order valence-electron chi connectivity index (χ0n) is 35.2. The largest absolute Gasteiger partial charge is 0.457 e. The molecule has 22 heteroatoms. The van der Waals surface area contributed by atoms with Gasteiger partial charge in [0.1, 0.15) is 12.3 Å². The molecule has 2 rings (SSSR count). The quantitative estimate of drug-likeness (QED) is 0.0251. The van der Waals surface area contributed by atoms with Crippen LogP contribution in [0.3, 0.4) is 0 Å². The highest BCUT2D eigenvalue weighted by Gasteiger charge is 2.19. The van der Waals surface area contributed by atoms with Gasteiger partial charge >= 0.3 is 5.97 Å². The summed E-state index contributed by atoms with van der Waals surface area (Å²) in [6.45, 7) is 9.87. The normalized spacial score (nSPS) is 11.2. The molecule has 2 aromatic rings. The molecule has 0 saturated carbocycles. The topological polar surface area (TPSA) is 252 Å². The Morgan fingerprint density at radius 1 is 0.435 bits per heavy atom. The van der Waals surface area contributed by atoms with Gasteiger partial charge in [0.05, 0.1) is 174 Å². The minimum atomic E-state index is -0.909. The number of hydrogen-bond acceptors (Lipinski definition) is 20. The minimum absolute atomic E-state index is 0.0169. The average Bonchev–Trinajstić information content (AvgIpc) is 3.28. The third-order valence-electron chi connectivity index (χ3n) is 7.72. The van der Waals surface area contributed by atoms with Crippen LogP contribution in [0.25, 0.3) is 0 Å². The fourth-order valence-electron chi connectivity index (χ4n) is 4.68. The lowest BCUT2D eigenvalue weighted by Gasteiger charge is -2.09. The van der Waals surface area contributed by atoms with Crippen molar-refractivity contribution in [2.75, 3.05) is 177 Å². The first-order valence-electron chi connectivity index (χ1n) is 20.3. The molecule has 22 nitrogen and oxygen atoms in total. The zero-order chi connectivity index (χ0) is 44.6. The third kappa shape index (κ3) is 29.1. The maximum atomic E-state index is 11.9. The van der Waals surface area contributed by atoms with Crippen molar-refractivity contribution in [3.63, 3.8) is 0 Å². The van der Waals surface area contributed by atoms with Crippen molar-refractivity contribution in [3.8, 4) is 0 Å². The first-order chi connectivity index (χ1) is 30.4. The number of nitro benzene ring substituents is 2. The summed E-state index contributed by atoms with van der Waals surface area (Å²) in [5.41, 5.74) is -0.263. The molecule has 62 heavy (non-hydrogen) atoms. The highest BCUT2D eigenvalue weighted by Crippen LogP contribution is 2.28. The van der Waals surface area contributed by atoms with Crippen LogP contribution in [-0.2, 0) is 66.4 Å². The SMILES string of the molecule is O=C(OCCOCCOCCOCCOCCOCCOCCOCCOCCOCCOCCOCCOCCNc1ccc([N+](=O)[O-])cc1[N+](=O)[O-])C(=O)c1ccccc1. The van der Waals surface area contributed by atoms with Crippen LogP contribution in [0, 0.1) is 20.2 Å². The van der Waals surface area contributed by atoms with Crippen molar-refractivity contribution in [1.29, 1.82) is 0 Å². The van der Waals surface area contributed by atoms with Gasteiger partial charge in [-0.3, -0.25) is 25.0 Å². The first-order valence-corrected chi connectivity index (χ1v) is 20.3. The maximum absolute atomic E-state index is 11.9. The Bertz CT molecular complexity index is 1460. The minimum Gasteiger partial charge on any atom is -0.457 e. The molecular weight excluding hydrogens is 826 g/mol. The second-order valence-electron chi connectivity index (χ2n) is 12.3. The highest BCUT2D eigenvalue weighted by atomic mass is 16.6. The molecule has 0 heterocycles. The van der Waals surface area contributed by atoms with Crippen LogP contribution < -0.4 is 5.32 Å². The number of anilines is 1. The van der Waals surface area contributed by atoms with E-state index in [1.807, 2.05) is 0 Å². The number of Topliss-reactive ketones (excluding diaryl/α,β-unsaturated/α-hetero) is 1. The number of hydrogen-bond donors (Lipinski definition) is 1. The van der Waals surface area contributed by atoms with Gasteiger partial charge < -0.3 is 66.9 Å². The Morgan fingerprint density at radius 3 is 1.11 bits per heavy atom. The van der Waals surface area contributed by atoms with Crippen LogP contribution in [0.15, 0.2) is 48.5 Å². The number of non-ortho nitro benzene ring substituents is 1. The number of nitrogens with zero attached hydrogens (tertiary/aromatic N) is 2. The van der Waals surface area contributed by atoms with Crippen molar-refractivity contribution >= 4 is 28.8 Å². The predicted molar refractivity (Wildman–Crippen MR) is 220 cm³/mol. The highest BCUT2D eigenvalue weighted by molar-refractivity contribution is 6.40. The summed E-state index contributed by atoms with van der Waals surface area (Å²) >= 11 is 0. The molecule has 0 bridgehead atoms. The molecule has 0 saturated heterocycles. The van der Waals surface area contributed by atoms with Crippen molar-refractivity contribution in [1.82, 2.24) is 0 Å². The van der Waals surface area contributed by atoms with Crippen LogP contribution in [0.2, 0.25) is 0 Å². The smallest absolute Gasteiger partial charge is 0.379 e. The summed E-state index contributed by atoms with van der Waals surface area (Å²) in [7, 11) is 0. The van der Waals surface area contributed by atoms with Crippen molar-refractivity contribution in [3.05, 3.63) is 74.3 Å². The Balaban J connectivity index is 1.17. The molecule has 1 N–H and O–H groups in total. The molecule has 0 aliphatic rings. The summed E-state index contributed by atoms with van der Waals surface area (Å²) in [5.74, 6) is -1.60. The molecule has 0 aliphatic carbocycles. The Hall–Kier alpha value is -4.30. The molecule has 0 fully saturated rings. The fraction of sp³-hybridized carbons (Fsp3) is 0.650. The van der Waals surface area contributed by atoms with E-state index in [4.69, 9.17) is 61.6 Å². The molecule has 350 valence electrons. The summed E-state index contributed by atoms with van der Waals surface area (Å²) in [6, 6.07) is 11.6. The van der Waals surface area contributed by atoms with Crippen LogP contribution >= 0.6 is 0 Å². The van der Waals surface area contributed by atoms with Gasteiger partial charge in [0.2, 0.25) is 0 Å². The van der Waals surface area contributed by atoms with Crippen molar-refractivity contribution < 1.29 is 81.0 Å². The van der Waals surface area contributed by atoms with E-state index in [-0.39, 0.29) is 49.0 Å². The number of ether oxygens (including phenoxy) is 13. The van der Waals surface area contributed by atoms with Crippen LogP contribution in [-0.4, -0.2) is 193 Å². The number of nitro groups is 2. The second-order valence-corrected chi connectivity index (χ2v) is 12.3. The van der Waals surface area contributed by atoms with E-state index < -0.39 is 21.6 Å². The summed E-state index contributed by atoms with van der Waals surface area (Å²) in [6.07, 6.45) is 0. The molecule has 0 atom stereocenters. The van der Waals surface area contributed by atoms with Crippen LogP contribution in [0.4, 0.5) is 17.1 Å². The van der Waals surface area contributed by atoms with E-state index in [1.54, 1.807) is 30.3 Å². The average molecular weight is 888 g/mol. The lowest BCUT2D eigenvalue weighted by molar-refractivity contribution is -0.393. The van der Waals surface area contributed by atoms with Crippen LogP contribution in [0.1, 0.15) is 10.4 Å². The van der Waals surface area contributed by atoms with Gasteiger partial charge in [0.25, 0.3) is 17.2 Å². The summed E-state index contributed by atoms with van der Waals surface area (Å²) in [4.78, 5) is 44.3. The van der Waals surface area contributed by atoms with Gasteiger partial charge in [-0.05, 0) is 6.07 Å². The van der Waals surface area contributed by atoms with Crippen molar-refractivity contribution in [2.24, 2.45) is 0 Å². The number of rotatable bonds is 44. The van der Waals surface area contributed by atoms with E-state index in [0.29, 0.717) is 145 Å². The Labute approximate surface area is 360 Å². The van der Waals surface area contributed by atoms with E-state index in [9.17, 15) is 29.8 Å². The number of benzene rings is 2. The predicted octanol–water partition coefficient (Wildman–Crippen LogP) is 2.54. The number of carbonyl (C=O) groups excluding carboxylic acids is 2. The lowest BCUT2D eigenvalue weighted by Crippen LogP contribution is -2.20. The van der Waals surface area contributed by atoms with E-state index in [0.717, 1.165) is 6.07 Å². The monoisotopic (exact) mass is 887 g/mol. The molecule has 0 spiro atoms. The fourth-order valence-corrected chi connectivity index (χ4v) is 4.68. The second kappa shape index (κ2) is 38.4. The van der Waals surface area contributed by atoms with Crippen molar-refractivity contribution in [2.45, 2.75) is 0 Å². The number of ketones is 1. The molecular formula is C40H61N3O19. The molecule has 0 aliphatic heterocycles. The van der Waals surface area contributed by atoms with Gasteiger partial charge in [0.15, 0.2) is 0 Å². The standard InChI is InChI=1S/C40H61N3O19/c44-39(35-4-2-1-3-5-35)40(45)62-33-32-61-31-30-60-29-28-59-27-26-58-25-24-57-23-22-56-21-20-55-19-18-54-17-16-53-15-14-52-13-12-51-11-10-50-9-8-41-37-7-6-36(42(46)47)34-38(37)43(48)49/h1-7,34,41H,8-33H2. The Kier molecular flexibility index (Phi) is 33.3. The maximum Gasteiger partial charge on any atom is 0.379 e. The van der Waals surface area contributed by atoms with Gasteiger partial charge in [-0.1, -0.05) is 30.3 Å². The molecule has 2 aromatic carbocycles. The molecule has 0 amide bonds. The van der Waals surface area contributed by atoms with Crippen LogP contribution in [0.5, 0.6) is 0 Å². The summed E-state index contributed by atoms with van der Waals surface area (Å²) in [5, 5.41) is 24.8. The lowest BCUT2D eigenvalue weighted by atomic mass is 10.1. The molecule has 0 radical (unpaired) electrons. The zero-order valence-corrected chi connectivity index (χ0v) is 35.2. The number of nitrogens with one attached hydrogen (secondary N) is 1. The third-order valence-corrected chi connectivity index (χ3v) is 7.72. The van der Waals surface area contributed by atoms with E-state index >= 15 is 0 Å². The molecule has 0 unspecified atom stereocenters. The molecule has 0 aromatic heterocycles. The van der Waals surface area contributed by atoms with Gasteiger partial charge in [-0.2, -0.15) is 0 Å². The first kappa shape index (κ1) is 53.8. The van der Waals surface area contributed by atoms with E-state index in [2.05, 4.69) is 5.32 Å². The van der Waals surface area contributed by atoms with Gasteiger partial charge in [-0.25, -0.2) is 4.79 Å². The van der Waals surface area contributed by atoms with Gasteiger partial charge in [-0.15, -0.1) is 0 Å². The summed E-state index contributed by atoms with van der Waals surface area (Å²) < 4.78 is 70.2. The number of esters is 1. The number of carbonyl (C=O) groups is 2. The Morgan fingerprint density at radius 2 is 0.774 bits per heavy atom. The van der Waals surface area contributed by atoms with Gasteiger partial charge in [0, 0.05) is 18.2 Å².